The van der Waals surface area contributed by atoms with Crippen LogP contribution in [-0.4, -0.2) is 48.5 Å². The number of piperidine rings is 1. The normalized spacial score (nSPS) is 16.2. The Morgan fingerprint density at radius 3 is 2.62 bits per heavy atom. The summed E-state index contributed by atoms with van der Waals surface area (Å²) in [6, 6.07) is 10.8. The number of rotatable bonds is 5. The van der Waals surface area contributed by atoms with Crippen LogP contribution in [0.4, 0.5) is 16.3 Å². The Bertz CT molecular complexity index is 851. The van der Waals surface area contributed by atoms with Gasteiger partial charge in [0.05, 0.1) is 0 Å². The quantitative estimate of drug-likeness (QED) is 0.812. The van der Waals surface area contributed by atoms with Gasteiger partial charge < -0.3 is 20.4 Å². The Morgan fingerprint density at radius 2 is 1.93 bits per heavy atom. The number of hydrogen-bond donors (Lipinski definition) is 2. The first kappa shape index (κ1) is 20.6. The van der Waals surface area contributed by atoms with Crippen LogP contribution in [0.25, 0.3) is 0 Å². The molecule has 1 aromatic carbocycles. The topological polar surface area (TPSA) is 77.6 Å². The molecule has 1 saturated heterocycles. The maximum absolute atomic E-state index is 12.7. The molecule has 1 aliphatic heterocycles. The summed E-state index contributed by atoms with van der Waals surface area (Å²) >= 11 is 0. The number of benzene rings is 1. The minimum Gasteiger partial charge on any atom is -0.363 e. The number of carbonyl (C=O) groups is 2. The van der Waals surface area contributed by atoms with Gasteiger partial charge in [-0.2, -0.15) is 0 Å². The molecule has 3 amide bonds. The molecule has 0 spiro atoms. The summed E-state index contributed by atoms with van der Waals surface area (Å²) in [6.07, 6.45) is 5.02. The molecular formula is C22H29N5O2. The van der Waals surface area contributed by atoms with Crippen LogP contribution in [0.1, 0.15) is 42.1 Å². The van der Waals surface area contributed by atoms with Gasteiger partial charge in [0.25, 0.3) is 5.91 Å². The maximum atomic E-state index is 12.7. The number of anilines is 2. The minimum absolute atomic E-state index is 0.0579. The van der Waals surface area contributed by atoms with E-state index in [9.17, 15) is 9.59 Å². The lowest BCUT2D eigenvalue weighted by Gasteiger charge is -2.33. The second-order valence-corrected chi connectivity index (χ2v) is 7.65. The third-order valence-corrected chi connectivity index (χ3v) is 5.17. The van der Waals surface area contributed by atoms with Gasteiger partial charge in [-0.05, 0) is 68.1 Å². The summed E-state index contributed by atoms with van der Waals surface area (Å²) in [6.45, 7) is 3.31. The van der Waals surface area contributed by atoms with E-state index in [0.29, 0.717) is 17.8 Å². The van der Waals surface area contributed by atoms with Gasteiger partial charge in [0, 0.05) is 50.7 Å². The first-order valence-electron chi connectivity index (χ1n) is 10.0. The van der Waals surface area contributed by atoms with Crippen molar-refractivity contribution in [1.82, 2.24) is 15.2 Å². The Labute approximate surface area is 172 Å². The number of carbonyl (C=O) groups excluding carboxylic acids is 2. The van der Waals surface area contributed by atoms with Gasteiger partial charge in [0.1, 0.15) is 5.82 Å². The monoisotopic (exact) mass is 395 g/mol. The number of urea groups is 1. The second-order valence-electron chi connectivity index (χ2n) is 7.65. The smallest absolute Gasteiger partial charge is 0.319 e. The van der Waals surface area contributed by atoms with Gasteiger partial charge in [0.2, 0.25) is 0 Å². The summed E-state index contributed by atoms with van der Waals surface area (Å²) in [5, 5.41) is 5.64. The number of hydrogen-bond acceptors (Lipinski definition) is 4. The molecule has 1 aliphatic rings. The highest BCUT2D eigenvalue weighted by atomic mass is 16.2. The van der Waals surface area contributed by atoms with Crippen molar-refractivity contribution < 1.29 is 9.59 Å². The SMILES string of the molecule is CC1CCCCN1C(=O)c1ccc(NC(=O)NCc2ccnc(N(C)C)c2)cc1. The number of likely N-dealkylation sites (tertiary alicyclic amines) is 1. The largest absolute Gasteiger partial charge is 0.363 e. The fraction of sp³-hybridized carbons (Fsp3) is 0.409. The summed E-state index contributed by atoms with van der Waals surface area (Å²) in [5.41, 5.74) is 2.27. The summed E-state index contributed by atoms with van der Waals surface area (Å²) < 4.78 is 0. The predicted octanol–water partition coefficient (Wildman–Crippen LogP) is 3.48. The summed E-state index contributed by atoms with van der Waals surface area (Å²) in [4.78, 5) is 33.0. The highest BCUT2D eigenvalue weighted by Crippen LogP contribution is 2.20. The first-order valence-corrected chi connectivity index (χ1v) is 10.0. The van der Waals surface area contributed by atoms with Crippen molar-refractivity contribution in [2.24, 2.45) is 0 Å². The predicted molar refractivity (Wildman–Crippen MR) is 115 cm³/mol. The van der Waals surface area contributed by atoms with Crippen molar-refractivity contribution in [2.75, 3.05) is 30.9 Å². The van der Waals surface area contributed by atoms with E-state index in [2.05, 4.69) is 22.5 Å². The number of nitrogens with one attached hydrogen (secondary N) is 2. The van der Waals surface area contributed by atoms with Crippen molar-refractivity contribution in [3.05, 3.63) is 53.7 Å². The molecule has 1 unspecified atom stereocenters. The van der Waals surface area contributed by atoms with Gasteiger partial charge >= 0.3 is 6.03 Å². The van der Waals surface area contributed by atoms with Crippen LogP contribution in [0.5, 0.6) is 0 Å². The lowest BCUT2D eigenvalue weighted by atomic mass is 10.0. The van der Waals surface area contributed by atoms with Crippen LogP contribution in [0.3, 0.4) is 0 Å². The third-order valence-electron chi connectivity index (χ3n) is 5.17. The van der Waals surface area contributed by atoms with Crippen LogP contribution >= 0.6 is 0 Å². The summed E-state index contributed by atoms with van der Waals surface area (Å²) in [7, 11) is 3.85. The standard InChI is InChI=1S/C22H29N5O2/c1-16-6-4-5-13-27(16)21(28)18-7-9-19(10-8-18)25-22(29)24-15-17-11-12-23-20(14-17)26(2)3/h7-12,14,16H,4-6,13,15H2,1-3H3,(H2,24,25,29). The van der Waals surface area contributed by atoms with E-state index in [1.807, 2.05) is 36.0 Å². The fourth-order valence-corrected chi connectivity index (χ4v) is 3.43. The molecular weight excluding hydrogens is 366 g/mol. The van der Waals surface area contributed by atoms with Crippen molar-refractivity contribution in [2.45, 2.75) is 38.8 Å². The number of pyridine rings is 1. The van der Waals surface area contributed by atoms with E-state index in [1.165, 1.54) is 6.42 Å². The molecule has 29 heavy (non-hydrogen) atoms. The van der Waals surface area contributed by atoms with Crippen molar-refractivity contribution in [1.29, 1.82) is 0 Å². The Kier molecular flexibility index (Phi) is 6.69. The molecule has 7 heteroatoms. The highest BCUT2D eigenvalue weighted by Gasteiger charge is 2.24. The van der Waals surface area contributed by atoms with E-state index in [-0.39, 0.29) is 18.0 Å². The molecule has 0 aliphatic carbocycles. The second kappa shape index (κ2) is 9.41. The fourth-order valence-electron chi connectivity index (χ4n) is 3.43. The maximum Gasteiger partial charge on any atom is 0.319 e. The van der Waals surface area contributed by atoms with Crippen LogP contribution in [0, 0.1) is 0 Å². The molecule has 1 fully saturated rings. The summed E-state index contributed by atoms with van der Waals surface area (Å²) in [5.74, 6) is 0.899. The number of aromatic nitrogens is 1. The van der Waals surface area contributed by atoms with E-state index >= 15 is 0 Å². The molecule has 0 radical (unpaired) electrons. The van der Waals surface area contributed by atoms with Crippen LogP contribution in [0.2, 0.25) is 0 Å². The molecule has 2 heterocycles. The van der Waals surface area contributed by atoms with E-state index in [0.717, 1.165) is 30.8 Å². The van der Waals surface area contributed by atoms with Gasteiger partial charge in [0.15, 0.2) is 0 Å². The molecule has 1 atom stereocenters. The molecule has 0 bridgehead atoms. The molecule has 3 rings (SSSR count). The molecule has 2 N–H and O–H groups in total. The number of amides is 3. The van der Waals surface area contributed by atoms with Gasteiger partial charge in [-0.15, -0.1) is 0 Å². The lowest BCUT2D eigenvalue weighted by molar-refractivity contribution is 0.0635. The molecule has 1 aromatic heterocycles. The Morgan fingerprint density at radius 1 is 1.17 bits per heavy atom. The van der Waals surface area contributed by atoms with Crippen LogP contribution < -0.4 is 15.5 Å². The first-order chi connectivity index (χ1) is 13.9. The molecule has 154 valence electrons. The van der Waals surface area contributed by atoms with Gasteiger partial charge in [-0.25, -0.2) is 9.78 Å². The average Bonchev–Trinajstić information content (AvgIpc) is 2.73. The molecule has 0 saturated carbocycles. The molecule has 2 aromatic rings. The zero-order valence-electron chi connectivity index (χ0n) is 17.3. The average molecular weight is 396 g/mol. The van der Waals surface area contributed by atoms with Crippen molar-refractivity contribution >= 4 is 23.4 Å². The molecule has 7 nitrogen and oxygen atoms in total. The Balaban J connectivity index is 1.53. The minimum atomic E-state index is -0.294. The zero-order valence-corrected chi connectivity index (χ0v) is 17.3. The zero-order chi connectivity index (χ0) is 20.8. The highest BCUT2D eigenvalue weighted by molar-refractivity contribution is 5.95. The van der Waals surface area contributed by atoms with E-state index in [1.54, 1.807) is 30.5 Å². The van der Waals surface area contributed by atoms with Gasteiger partial charge in [-0.1, -0.05) is 0 Å². The van der Waals surface area contributed by atoms with Crippen molar-refractivity contribution in [3.63, 3.8) is 0 Å². The van der Waals surface area contributed by atoms with Crippen molar-refractivity contribution in [3.8, 4) is 0 Å². The van der Waals surface area contributed by atoms with Gasteiger partial charge in [-0.3, -0.25) is 4.79 Å². The lowest BCUT2D eigenvalue weighted by Crippen LogP contribution is -2.42. The van der Waals surface area contributed by atoms with E-state index in [4.69, 9.17) is 0 Å². The Hall–Kier alpha value is -3.09. The van der Waals surface area contributed by atoms with Crippen LogP contribution in [-0.2, 0) is 6.54 Å². The number of nitrogens with zero attached hydrogens (tertiary/aromatic N) is 3. The third kappa shape index (κ3) is 5.47. The van der Waals surface area contributed by atoms with E-state index < -0.39 is 0 Å². The van der Waals surface area contributed by atoms with Crippen LogP contribution in [0.15, 0.2) is 42.6 Å².